The molecule has 0 bridgehead atoms. The van der Waals surface area contributed by atoms with Gasteiger partial charge in [-0.3, -0.25) is 14.2 Å². The molecule has 3 aromatic carbocycles. The van der Waals surface area contributed by atoms with Crippen LogP contribution in [0, 0.1) is 0 Å². The van der Waals surface area contributed by atoms with Gasteiger partial charge in [0, 0.05) is 23.8 Å². The molecule has 0 unspecified atom stereocenters. The largest absolute Gasteiger partial charge is 0.507 e. The third kappa shape index (κ3) is 8.93. The molecule has 0 radical (unpaired) electrons. The van der Waals surface area contributed by atoms with Gasteiger partial charge in [0.05, 0.1) is 30.1 Å². The number of aromatic hydroxyl groups is 1. The zero-order valence-electron chi connectivity index (χ0n) is 25.8. The second-order valence-electron chi connectivity index (χ2n) is 10.8. The van der Waals surface area contributed by atoms with E-state index in [1.165, 1.54) is 24.4 Å². The van der Waals surface area contributed by atoms with Crippen LogP contribution in [0.1, 0.15) is 36.1 Å². The summed E-state index contributed by atoms with van der Waals surface area (Å²) in [5.74, 6) is -0.305. The maximum absolute atomic E-state index is 13.5. The zero-order valence-corrected chi connectivity index (χ0v) is 25.8. The summed E-state index contributed by atoms with van der Waals surface area (Å²) in [4.78, 5) is 35.8. The van der Waals surface area contributed by atoms with Gasteiger partial charge in [0.25, 0.3) is 5.56 Å². The number of phenolic OH excluding ortho intramolecular Hbond substituents is 1. The average Bonchev–Trinajstić information content (AvgIpc) is 3.01. The molecule has 1 amide bonds. The SMILES string of the molecule is COc1ccc(CON=C(N)c2ccc(CNC(=O)Cn3c(-c4cc(N)cc(C(F)(F)F)c4)cnc(NC(C)C)c3=O)cc2O)cc1. The Hall–Kier alpha value is -5.73. The van der Waals surface area contributed by atoms with Crippen LogP contribution in [-0.4, -0.2) is 39.6 Å². The molecule has 0 spiro atoms. The molecular formula is C32H34F3N7O5. The van der Waals surface area contributed by atoms with E-state index in [-0.39, 0.29) is 59.1 Å². The van der Waals surface area contributed by atoms with Crippen LogP contribution >= 0.6 is 0 Å². The van der Waals surface area contributed by atoms with E-state index in [0.29, 0.717) is 11.3 Å². The lowest BCUT2D eigenvalue weighted by Gasteiger charge is -2.17. The molecule has 4 rings (SSSR count). The standard InChI is InChI=1S/C32H34F3N7O5/c1-18(2)40-30-31(45)42(26(15-39-30)21-11-22(32(33,34)35)13-23(36)12-21)16-28(44)38-14-20-6-9-25(27(43)10-20)29(37)41-47-17-19-4-7-24(46-3)8-5-19/h4-13,15,18,43H,14,16-17,36H2,1-3H3,(H2,37,41)(H,38,44)(H,39,40). The maximum Gasteiger partial charge on any atom is 0.416 e. The topological polar surface area (TPSA) is 179 Å². The highest BCUT2D eigenvalue weighted by atomic mass is 19.4. The van der Waals surface area contributed by atoms with Crippen molar-refractivity contribution >= 4 is 23.2 Å². The smallest absolute Gasteiger partial charge is 0.416 e. The molecule has 4 aromatic rings. The van der Waals surface area contributed by atoms with Gasteiger partial charge in [0.1, 0.15) is 24.7 Å². The van der Waals surface area contributed by atoms with E-state index < -0.39 is 29.8 Å². The summed E-state index contributed by atoms with van der Waals surface area (Å²) < 4.78 is 46.7. The number of methoxy groups -OCH3 is 1. The summed E-state index contributed by atoms with van der Waals surface area (Å²) >= 11 is 0. The summed E-state index contributed by atoms with van der Waals surface area (Å²) in [5.41, 5.74) is 11.3. The first-order valence-corrected chi connectivity index (χ1v) is 14.3. The lowest BCUT2D eigenvalue weighted by molar-refractivity contribution is -0.137. The van der Waals surface area contributed by atoms with Crippen LogP contribution in [-0.2, 0) is 35.5 Å². The molecule has 0 fully saturated rings. The predicted molar refractivity (Wildman–Crippen MR) is 171 cm³/mol. The Balaban J connectivity index is 1.48. The van der Waals surface area contributed by atoms with Gasteiger partial charge in [0.15, 0.2) is 11.7 Å². The molecule has 1 aromatic heterocycles. The fourth-order valence-electron chi connectivity index (χ4n) is 4.46. The van der Waals surface area contributed by atoms with Crippen LogP contribution in [0.25, 0.3) is 11.3 Å². The lowest BCUT2D eigenvalue weighted by Crippen LogP contribution is -2.35. The van der Waals surface area contributed by atoms with E-state index >= 15 is 0 Å². The van der Waals surface area contributed by atoms with Crippen LogP contribution in [0.3, 0.4) is 0 Å². The molecule has 0 aliphatic carbocycles. The molecule has 0 saturated carbocycles. The molecule has 15 heteroatoms. The van der Waals surface area contributed by atoms with Crippen molar-refractivity contribution in [3.05, 3.63) is 99.5 Å². The fourth-order valence-corrected chi connectivity index (χ4v) is 4.46. The summed E-state index contributed by atoms with van der Waals surface area (Å²) in [6.07, 6.45) is -3.49. The Morgan fingerprint density at radius 2 is 1.79 bits per heavy atom. The summed E-state index contributed by atoms with van der Waals surface area (Å²) in [6.45, 7) is 3.08. The minimum absolute atomic E-state index is 0.0387. The second kappa shape index (κ2) is 14.6. The van der Waals surface area contributed by atoms with Crippen LogP contribution < -0.4 is 32.4 Å². The molecule has 0 aliphatic heterocycles. The third-order valence-corrected chi connectivity index (χ3v) is 6.74. The van der Waals surface area contributed by atoms with Crippen molar-refractivity contribution in [1.29, 1.82) is 0 Å². The Morgan fingerprint density at radius 3 is 2.43 bits per heavy atom. The minimum Gasteiger partial charge on any atom is -0.507 e. The first kappa shape index (κ1) is 34.1. The van der Waals surface area contributed by atoms with E-state index in [0.717, 1.165) is 22.3 Å². The Morgan fingerprint density at radius 1 is 1.09 bits per heavy atom. The van der Waals surface area contributed by atoms with Crippen molar-refractivity contribution in [2.45, 2.75) is 45.8 Å². The number of nitrogens with two attached hydrogens (primary N) is 2. The zero-order chi connectivity index (χ0) is 34.3. The molecule has 7 N–H and O–H groups in total. The van der Waals surface area contributed by atoms with E-state index in [9.17, 15) is 27.9 Å². The lowest BCUT2D eigenvalue weighted by atomic mass is 10.1. The van der Waals surface area contributed by atoms with Crippen molar-refractivity contribution in [3.63, 3.8) is 0 Å². The molecule has 0 aliphatic rings. The number of ether oxygens (including phenoxy) is 1. The number of hydrogen-bond donors (Lipinski definition) is 5. The summed E-state index contributed by atoms with van der Waals surface area (Å²) in [6, 6.07) is 14.3. The molecular weight excluding hydrogens is 619 g/mol. The molecule has 248 valence electrons. The number of phenols is 1. The number of anilines is 2. The number of carbonyl (C=O) groups excluding carboxylic acids is 1. The van der Waals surface area contributed by atoms with Gasteiger partial charge >= 0.3 is 6.18 Å². The average molecular weight is 654 g/mol. The predicted octanol–water partition coefficient (Wildman–Crippen LogP) is 4.20. The number of alkyl halides is 3. The molecule has 0 saturated heterocycles. The van der Waals surface area contributed by atoms with Crippen molar-refractivity contribution in [2.24, 2.45) is 10.9 Å². The number of amidine groups is 1. The van der Waals surface area contributed by atoms with Gasteiger partial charge in [-0.15, -0.1) is 0 Å². The Bertz CT molecular complexity index is 1820. The Kier molecular flexibility index (Phi) is 10.6. The minimum atomic E-state index is -4.69. The number of halogens is 3. The number of amides is 1. The number of rotatable bonds is 12. The number of benzene rings is 3. The second-order valence-corrected chi connectivity index (χ2v) is 10.8. The highest BCUT2D eigenvalue weighted by Crippen LogP contribution is 2.34. The highest BCUT2D eigenvalue weighted by molar-refractivity contribution is 5.99. The number of carbonyl (C=O) groups is 1. The van der Waals surface area contributed by atoms with Crippen LogP contribution in [0.2, 0.25) is 0 Å². The van der Waals surface area contributed by atoms with E-state index in [4.69, 9.17) is 21.0 Å². The van der Waals surface area contributed by atoms with E-state index in [1.807, 2.05) is 0 Å². The normalized spacial score (nSPS) is 11.8. The van der Waals surface area contributed by atoms with Gasteiger partial charge in [-0.2, -0.15) is 13.2 Å². The number of nitrogen functional groups attached to an aromatic ring is 1. The highest BCUT2D eigenvalue weighted by Gasteiger charge is 2.31. The fraction of sp³-hybridized carbons (Fsp3) is 0.250. The van der Waals surface area contributed by atoms with Crippen molar-refractivity contribution < 1.29 is 32.6 Å². The van der Waals surface area contributed by atoms with Gasteiger partial charge in [-0.05, 0) is 67.4 Å². The molecule has 47 heavy (non-hydrogen) atoms. The van der Waals surface area contributed by atoms with Gasteiger partial charge < -0.3 is 36.8 Å². The first-order valence-electron chi connectivity index (χ1n) is 14.3. The number of hydrogen-bond acceptors (Lipinski definition) is 9. The van der Waals surface area contributed by atoms with E-state index in [1.54, 1.807) is 51.3 Å². The monoisotopic (exact) mass is 653 g/mol. The summed E-state index contributed by atoms with van der Waals surface area (Å²) in [5, 5.41) is 19.9. The number of nitrogens with zero attached hydrogens (tertiary/aromatic N) is 3. The number of aromatic nitrogens is 2. The summed E-state index contributed by atoms with van der Waals surface area (Å²) in [7, 11) is 1.56. The molecule has 12 nitrogen and oxygen atoms in total. The molecule has 0 atom stereocenters. The van der Waals surface area contributed by atoms with Crippen molar-refractivity contribution in [2.75, 3.05) is 18.2 Å². The Labute approximate surface area is 267 Å². The quantitative estimate of drug-likeness (QED) is 0.0649. The number of oxime groups is 1. The van der Waals surface area contributed by atoms with E-state index in [2.05, 4.69) is 20.8 Å². The van der Waals surface area contributed by atoms with Gasteiger partial charge in [-0.1, -0.05) is 23.4 Å². The van der Waals surface area contributed by atoms with Crippen molar-refractivity contribution in [3.8, 4) is 22.8 Å². The van der Waals surface area contributed by atoms with Gasteiger partial charge in [0.2, 0.25) is 5.91 Å². The van der Waals surface area contributed by atoms with Gasteiger partial charge in [-0.25, -0.2) is 4.98 Å². The van der Waals surface area contributed by atoms with Crippen LogP contribution in [0.5, 0.6) is 11.5 Å². The van der Waals surface area contributed by atoms with Crippen LogP contribution in [0.4, 0.5) is 24.7 Å². The molecule has 1 heterocycles. The van der Waals surface area contributed by atoms with Crippen molar-refractivity contribution in [1.82, 2.24) is 14.9 Å². The maximum atomic E-state index is 13.5. The van der Waals surface area contributed by atoms with Crippen LogP contribution in [0.15, 0.2) is 76.8 Å². The third-order valence-electron chi connectivity index (χ3n) is 6.74. The first-order chi connectivity index (χ1) is 22.2. The number of nitrogens with one attached hydrogen (secondary N) is 2.